The van der Waals surface area contributed by atoms with Crippen LogP contribution in [0.5, 0.6) is 0 Å². The third kappa shape index (κ3) is 2.26. The molecule has 0 aliphatic carbocycles. The first-order chi connectivity index (χ1) is 7.70. The van der Waals surface area contributed by atoms with Gasteiger partial charge in [0, 0.05) is 11.6 Å². The number of aryl methyl sites for hydroxylation is 1. The van der Waals surface area contributed by atoms with Gasteiger partial charge in [-0.05, 0) is 35.7 Å². The molecule has 0 unspecified atom stereocenters. The van der Waals surface area contributed by atoms with E-state index >= 15 is 0 Å². The zero-order chi connectivity index (χ0) is 11.5. The van der Waals surface area contributed by atoms with Gasteiger partial charge in [0.05, 0.1) is 0 Å². The van der Waals surface area contributed by atoms with Crippen LogP contribution in [-0.4, -0.2) is 0 Å². The number of hydrogen-bond acceptors (Lipinski definition) is 1. The molecule has 0 bridgehead atoms. The first-order valence-corrected chi connectivity index (χ1v) is 5.64. The van der Waals surface area contributed by atoms with Gasteiger partial charge in [-0.2, -0.15) is 0 Å². The Labute approximate surface area is 101 Å². The molecule has 2 heteroatoms. The van der Waals surface area contributed by atoms with E-state index in [4.69, 9.17) is 17.3 Å². The summed E-state index contributed by atoms with van der Waals surface area (Å²) < 4.78 is 0. The molecule has 0 fully saturated rings. The Kier molecular flexibility index (Phi) is 3.28. The van der Waals surface area contributed by atoms with Gasteiger partial charge in [-0.3, -0.25) is 0 Å². The molecule has 0 spiro atoms. The van der Waals surface area contributed by atoms with Crippen molar-refractivity contribution in [1.29, 1.82) is 0 Å². The fourth-order valence-corrected chi connectivity index (χ4v) is 1.93. The lowest BCUT2D eigenvalue weighted by Gasteiger charge is -2.06. The van der Waals surface area contributed by atoms with Crippen molar-refractivity contribution >= 4 is 11.6 Å². The van der Waals surface area contributed by atoms with Gasteiger partial charge < -0.3 is 5.73 Å². The topological polar surface area (TPSA) is 26.0 Å². The van der Waals surface area contributed by atoms with E-state index < -0.39 is 0 Å². The maximum atomic E-state index is 6.04. The average molecular weight is 232 g/mol. The third-order valence-corrected chi connectivity index (χ3v) is 2.99. The smallest absolute Gasteiger partial charge is 0.0451 e. The van der Waals surface area contributed by atoms with E-state index in [2.05, 4.69) is 37.3 Å². The molecule has 0 aliphatic heterocycles. The molecule has 0 saturated heterocycles. The summed E-state index contributed by atoms with van der Waals surface area (Å²) in [5.41, 5.74) is 10.2. The molecule has 2 N–H and O–H groups in total. The second-order valence-electron chi connectivity index (χ2n) is 3.88. The molecule has 16 heavy (non-hydrogen) atoms. The van der Waals surface area contributed by atoms with E-state index in [0.29, 0.717) is 6.54 Å². The number of halogens is 1. The van der Waals surface area contributed by atoms with Crippen molar-refractivity contribution in [1.82, 2.24) is 0 Å². The lowest BCUT2D eigenvalue weighted by molar-refractivity contribution is 1.07. The van der Waals surface area contributed by atoms with E-state index in [1.54, 1.807) is 0 Å². The second-order valence-corrected chi connectivity index (χ2v) is 4.29. The van der Waals surface area contributed by atoms with Gasteiger partial charge >= 0.3 is 0 Å². The molecule has 1 nitrogen and oxygen atoms in total. The van der Waals surface area contributed by atoms with Crippen LogP contribution in [0.4, 0.5) is 0 Å². The molecular weight excluding hydrogens is 218 g/mol. The van der Waals surface area contributed by atoms with Crippen LogP contribution in [0.15, 0.2) is 42.5 Å². The van der Waals surface area contributed by atoms with E-state index in [-0.39, 0.29) is 0 Å². The predicted octanol–water partition coefficient (Wildman–Crippen LogP) is 3.77. The Morgan fingerprint density at radius 1 is 1.06 bits per heavy atom. The summed E-state index contributed by atoms with van der Waals surface area (Å²) in [5.74, 6) is 0. The fraction of sp³-hybridized carbons (Fsp3) is 0.143. The molecule has 0 heterocycles. The lowest BCUT2D eigenvalue weighted by atomic mass is 10.0. The monoisotopic (exact) mass is 231 g/mol. The van der Waals surface area contributed by atoms with Gasteiger partial charge in [0.25, 0.3) is 0 Å². The molecule has 0 radical (unpaired) electrons. The largest absolute Gasteiger partial charge is 0.326 e. The summed E-state index contributed by atoms with van der Waals surface area (Å²) in [6.45, 7) is 2.56. The lowest BCUT2D eigenvalue weighted by Crippen LogP contribution is -1.97. The SMILES string of the molecule is Cc1cccc(-c2ccc(Cl)c(CN)c2)c1. The van der Waals surface area contributed by atoms with Crippen LogP contribution in [0.25, 0.3) is 11.1 Å². The number of benzene rings is 2. The van der Waals surface area contributed by atoms with Crippen LogP contribution < -0.4 is 5.73 Å². The molecule has 0 saturated carbocycles. The number of rotatable bonds is 2. The highest BCUT2D eigenvalue weighted by atomic mass is 35.5. The predicted molar refractivity (Wildman–Crippen MR) is 69.5 cm³/mol. The van der Waals surface area contributed by atoms with Crippen LogP contribution in [0.2, 0.25) is 5.02 Å². The Hall–Kier alpha value is -1.31. The van der Waals surface area contributed by atoms with E-state index in [1.165, 1.54) is 11.1 Å². The number of hydrogen-bond donors (Lipinski definition) is 1. The van der Waals surface area contributed by atoms with Gasteiger partial charge in [0.1, 0.15) is 0 Å². The van der Waals surface area contributed by atoms with Crippen molar-refractivity contribution in [3.05, 3.63) is 58.6 Å². The fourth-order valence-electron chi connectivity index (χ4n) is 1.74. The maximum absolute atomic E-state index is 6.04. The summed E-state index contributed by atoms with van der Waals surface area (Å²) in [5, 5.41) is 0.735. The van der Waals surface area contributed by atoms with E-state index in [1.807, 2.05) is 12.1 Å². The van der Waals surface area contributed by atoms with Crippen molar-refractivity contribution in [3.8, 4) is 11.1 Å². The van der Waals surface area contributed by atoms with Crippen molar-refractivity contribution < 1.29 is 0 Å². The Morgan fingerprint density at radius 2 is 1.81 bits per heavy atom. The molecule has 0 amide bonds. The van der Waals surface area contributed by atoms with Crippen LogP contribution in [-0.2, 0) is 6.54 Å². The Bertz CT molecular complexity index is 506. The molecule has 0 aliphatic rings. The van der Waals surface area contributed by atoms with Gasteiger partial charge in [0.2, 0.25) is 0 Å². The van der Waals surface area contributed by atoms with Gasteiger partial charge in [0.15, 0.2) is 0 Å². The summed E-state index contributed by atoms with van der Waals surface area (Å²) in [6.07, 6.45) is 0. The summed E-state index contributed by atoms with van der Waals surface area (Å²) in [6, 6.07) is 14.4. The summed E-state index contributed by atoms with van der Waals surface area (Å²) in [4.78, 5) is 0. The third-order valence-electron chi connectivity index (χ3n) is 2.62. The van der Waals surface area contributed by atoms with E-state index in [0.717, 1.165) is 16.1 Å². The van der Waals surface area contributed by atoms with Crippen LogP contribution >= 0.6 is 11.6 Å². The highest BCUT2D eigenvalue weighted by molar-refractivity contribution is 6.31. The molecule has 2 aromatic rings. The minimum absolute atomic E-state index is 0.471. The normalized spacial score (nSPS) is 10.4. The number of nitrogens with two attached hydrogens (primary N) is 1. The van der Waals surface area contributed by atoms with Crippen molar-refractivity contribution in [2.45, 2.75) is 13.5 Å². The van der Waals surface area contributed by atoms with E-state index in [9.17, 15) is 0 Å². The highest BCUT2D eigenvalue weighted by Crippen LogP contribution is 2.25. The van der Waals surface area contributed by atoms with Crippen LogP contribution in [0.3, 0.4) is 0 Å². The average Bonchev–Trinajstić information content (AvgIpc) is 2.29. The zero-order valence-electron chi connectivity index (χ0n) is 9.20. The summed E-state index contributed by atoms with van der Waals surface area (Å²) in [7, 11) is 0. The molecule has 0 atom stereocenters. The molecule has 2 rings (SSSR count). The quantitative estimate of drug-likeness (QED) is 0.837. The maximum Gasteiger partial charge on any atom is 0.0451 e. The van der Waals surface area contributed by atoms with Crippen molar-refractivity contribution in [2.75, 3.05) is 0 Å². The molecule has 82 valence electrons. The highest BCUT2D eigenvalue weighted by Gasteiger charge is 2.02. The first kappa shape index (κ1) is 11.2. The van der Waals surface area contributed by atoms with Crippen LogP contribution in [0.1, 0.15) is 11.1 Å². The van der Waals surface area contributed by atoms with Gasteiger partial charge in [-0.15, -0.1) is 0 Å². The van der Waals surface area contributed by atoms with Crippen molar-refractivity contribution in [3.63, 3.8) is 0 Å². The minimum Gasteiger partial charge on any atom is -0.326 e. The minimum atomic E-state index is 0.471. The van der Waals surface area contributed by atoms with Crippen LogP contribution in [0, 0.1) is 6.92 Å². The standard InChI is InChI=1S/C14H14ClN/c1-10-3-2-4-11(7-10)12-5-6-14(15)13(8-12)9-16/h2-8H,9,16H2,1H3. The molecule has 0 aromatic heterocycles. The Morgan fingerprint density at radius 3 is 2.50 bits per heavy atom. The summed E-state index contributed by atoms with van der Waals surface area (Å²) >= 11 is 6.04. The van der Waals surface area contributed by atoms with Gasteiger partial charge in [-0.1, -0.05) is 47.5 Å². The zero-order valence-corrected chi connectivity index (χ0v) is 9.96. The Balaban J connectivity index is 2.48. The second kappa shape index (κ2) is 4.69. The molecular formula is C14H14ClN. The first-order valence-electron chi connectivity index (χ1n) is 5.26. The molecule has 2 aromatic carbocycles. The van der Waals surface area contributed by atoms with Gasteiger partial charge in [-0.25, -0.2) is 0 Å². The van der Waals surface area contributed by atoms with Crippen molar-refractivity contribution in [2.24, 2.45) is 5.73 Å².